The zero-order valence-electron chi connectivity index (χ0n) is 10.8. The van der Waals surface area contributed by atoms with Crippen LogP contribution in [0.25, 0.3) is 10.4 Å². The fraction of sp³-hybridized carbons (Fsp3) is 0.286. The van der Waals surface area contributed by atoms with Gasteiger partial charge in [0, 0.05) is 6.92 Å². The number of carbonyl (C=O) groups excluding carboxylic acids is 1. The van der Waals surface area contributed by atoms with Crippen molar-refractivity contribution in [1.82, 2.24) is 4.98 Å². The van der Waals surface area contributed by atoms with Crippen LogP contribution in [-0.2, 0) is 11.2 Å². The van der Waals surface area contributed by atoms with Crippen molar-refractivity contribution in [2.45, 2.75) is 27.2 Å². The van der Waals surface area contributed by atoms with E-state index in [0.717, 1.165) is 22.6 Å². The number of aromatic nitrogens is 1. The average Bonchev–Trinajstić information content (AvgIpc) is 2.69. The molecule has 1 aromatic carbocycles. The lowest BCUT2D eigenvalue weighted by Gasteiger charge is -2.00. The SMILES string of the molecule is CCc1ccc(-c2sc(NC(C)=O)nc2C)cc1. The number of rotatable bonds is 3. The van der Waals surface area contributed by atoms with Crippen LogP contribution in [0.5, 0.6) is 0 Å². The van der Waals surface area contributed by atoms with E-state index in [9.17, 15) is 4.79 Å². The largest absolute Gasteiger partial charge is 0.302 e. The molecule has 1 N–H and O–H groups in total. The molecule has 0 aliphatic heterocycles. The van der Waals surface area contributed by atoms with Crippen molar-refractivity contribution >= 4 is 22.4 Å². The van der Waals surface area contributed by atoms with E-state index in [2.05, 4.69) is 41.5 Å². The van der Waals surface area contributed by atoms with Crippen molar-refractivity contribution < 1.29 is 4.79 Å². The van der Waals surface area contributed by atoms with Gasteiger partial charge in [0.1, 0.15) is 0 Å². The molecule has 0 spiro atoms. The van der Waals surface area contributed by atoms with Gasteiger partial charge in [-0.15, -0.1) is 0 Å². The van der Waals surface area contributed by atoms with Crippen LogP contribution >= 0.6 is 11.3 Å². The minimum Gasteiger partial charge on any atom is -0.302 e. The van der Waals surface area contributed by atoms with Gasteiger partial charge in [-0.25, -0.2) is 4.98 Å². The predicted octanol–water partition coefficient (Wildman–Crippen LogP) is 3.64. The normalized spacial score (nSPS) is 10.4. The molecule has 0 aliphatic rings. The topological polar surface area (TPSA) is 42.0 Å². The van der Waals surface area contributed by atoms with E-state index in [1.54, 1.807) is 0 Å². The molecule has 0 saturated heterocycles. The Morgan fingerprint density at radius 1 is 1.33 bits per heavy atom. The Bertz CT molecular complexity index is 558. The van der Waals surface area contributed by atoms with Crippen molar-refractivity contribution in [1.29, 1.82) is 0 Å². The molecule has 2 rings (SSSR count). The second kappa shape index (κ2) is 5.31. The highest BCUT2D eigenvalue weighted by atomic mass is 32.1. The summed E-state index contributed by atoms with van der Waals surface area (Å²) in [5.41, 5.74) is 3.43. The summed E-state index contributed by atoms with van der Waals surface area (Å²) in [6.45, 7) is 5.60. The average molecular weight is 260 g/mol. The molecule has 0 fully saturated rings. The lowest BCUT2D eigenvalue weighted by Crippen LogP contribution is -2.04. The molecule has 0 saturated carbocycles. The van der Waals surface area contributed by atoms with Gasteiger partial charge in [-0.1, -0.05) is 42.5 Å². The van der Waals surface area contributed by atoms with Crippen LogP contribution in [0.15, 0.2) is 24.3 Å². The number of hydrogen-bond donors (Lipinski definition) is 1. The number of benzene rings is 1. The minimum atomic E-state index is -0.0865. The van der Waals surface area contributed by atoms with E-state index in [-0.39, 0.29) is 5.91 Å². The van der Waals surface area contributed by atoms with Gasteiger partial charge in [-0.05, 0) is 24.5 Å². The van der Waals surface area contributed by atoms with Gasteiger partial charge >= 0.3 is 0 Å². The fourth-order valence-corrected chi connectivity index (χ4v) is 2.78. The number of aryl methyl sites for hydroxylation is 2. The Balaban J connectivity index is 2.31. The molecule has 2 aromatic rings. The molecule has 0 unspecified atom stereocenters. The number of amides is 1. The third kappa shape index (κ3) is 2.76. The van der Waals surface area contributed by atoms with Crippen molar-refractivity contribution in [2.75, 3.05) is 5.32 Å². The van der Waals surface area contributed by atoms with Gasteiger partial charge in [-0.2, -0.15) is 0 Å². The molecule has 3 nitrogen and oxygen atoms in total. The van der Waals surface area contributed by atoms with Crippen LogP contribution in [0.1, 0.15) is 25.1 Å². The van der Waals surface area contributed by atoms with Gasteiger partial charge in [0.2, 0.25) is 5.91 Å². The van der Waals surface area contributed by atoms with E-state index < -0.39 is 0 Å². The monoisotopic (exact) mass is 260 g/mol. The van der Waals surface area contributed by atoms with E-state index in [1.807, 2.05) is 6.92 Å². The van der Waals surface area contributed by atoms with Crippen molar-refractivity contribution in [3.8, 4) is 10.4 Å². The lowest BCUT2D eigenvalue weighted by molar-refractivity contribution is -0.114. The van der Waals surface area contributed by atoms with Crippen molar-refractivity contribution in [3.63, 3.8) is 0 Å². The Morgan fingerprint density at radius 3 is 2.56 bits per heavy atom. The summed E-state index contributed by atoms with van der Waals surface area (Å²) in [4.78, 5) is 16.5. The highest BCUT2D eigenvalue weighted by Gasteiger charge is 2.10. The molecule has 0 bridgehead atoms. The van der Waals surface area contributed by atoms with Gasteiger partial charge in [-0.3, -0.25) is 4.79 Å². The second-order valence-electron chi connectivity index (χ2n) is 4.17. The van der Waals surface area contributed by atoms with E-state index >= 15 is 0 Å². The smallest absolute Gasteiger partial charge is 0.223 e. The van der Waals surface area contributed by atoms with Crippen LogP contribution in [0.2, 0.25) is 0 Å². The number of hydrogen-bond acceptors (Lipinski definition) is 3. The zero-order chi connectivity index (χ0) is 13.1. The first-order chi connectivity index (χ1) is 8.60. The maximum Gasteiger partial charge on any atom is 0.223 e. The maximum atomic E-state index is 11.0. The van der Waals surface area contributed by atoms with Crippen LogP contribution in [0, 0.1) is 6.92 Å². The van der Waals surface area contributed by atoms with Crippen LogP contribution in [-0.4, -0.2) is 10.9 Å². The van der Waals surface area contributed by atoms with Gasteiger partial charge in [0.25, 0.3) is 0 Å². The molecular weight excluding hydrogens is 244 g/mol. The first kappa shape index (κ1) is 12.8. The van der Waals surface area contributed by atoms with Crippen LogP contribution in [0.3, 0.4) is 0 Å². The van der Waals surface area contributed by atoms with Gasteiger partial charge in [0.05, 0.1) is 10.6 Å². The first-order valence-electron chi connectivity index (χ1n) is 5.94. The Hall–Kier alpha value is -1.68. The fourth-order valence-electron chi connectivity index (χ4n) is 1.76. The molecule has 1 aromatic heterocycles. The van der Waals surface area contributed by atoms with Gasteiger partial charge in [0.15, 0.2) is 5.13 Å². The Kier molecular flexibility index (Phi) is 3.77. The number of anilines is 1. The molecule has 0 aliphatic carbocycles. The van der Waals surface area contributed by atoms with E-state index in [1.165, 1.54) is 23.8 Å². The second-order valence-corrected chi connectivity index (χ2v) is 5.16. The first-order valence-corrected chi connectivity index (χ1v) is 6.76. The third-order valence-electron chi connectivity index (χ3n) is 2.70. The van der Waals surface area contributed by atoms with E-state index in [0.29, 0.717) is 5.13 Å². The molecular formula is C14H16N2OS. The molecule has 18 heavy (non-hydrogen) atoms. The maximum absolute atomic E-state index is 11.0. The third-order valence-corrected chi connectivity index (χ3v) is 3.83. The summed E-state index contributed by atoms with van der Waals surface area (Å²) in [7, 11) is 0. The number of carbonyl (C=O) groups is 1. The standard InChI is InChI=1S/C14H16N2OS/c1-4-11-5-7-12(8-6-11)13-9(2)15-14(18-13)16-10(3)17/h5-8H,4H2,1-3H3,(H,15,16,17). The van der Waals surface area contributed by atoms with Gasteiger partial charge < -0.3 is 5.32 Å². The Labute approximate surface area is 111 Å². The highest BCUT2D eigenvalue weighted by molar-refractivity contribution is 7.19. The summed E-state index contributed by atoms with van der Waals surface area (Å²) in [5, 5.41) is 3.39. The number of nitrogens with one attached hydrogen (secondary N) is 1. The van der Waals surface area contributed by atoms with Crippen LogP contribution in [0.4, 0.5) is 5.13 Å². The zero-order valence-corrected chi connectivity index (χ0v) is 11.6. The summed E-state index contributed by atoms with van der Waals surface area (Å²) in [5.74, 6) is -0.0865. The summed E-state index contributed by atoms with van der Waals surface area (Å²) >= 11 is 1.51. The predicted molar refractivity (Wildman–Crippen MR) is 76.0 cm³/mol. The molecule has 1 heterocycles. The van der Waals surface area contributed by atoms with Crippen molar-refractivity contribution in [3.05, 3.63) is 35.5 Å². The number of nitrogens with zero attached hydrogens (tertiary/aromatic N) is 1. The molecule has 4 heteroatoms. The quantitative estimate of drug-likeness (QED) is 0.915. The summed E-state index contributed by atoms with van der Waals surface area (Å²) in [6.07, 6.45) is 1.04. The minimum absolute atomic E-state index is 0.0865. The summed E-state index contributed by atoms with van der Waals surface area (Å²) in [6, 6.07) is 8.48. The summed E-state index contributed by atoms with van der Waals surface area (Å²) < 4.78 is 0. The lowest BCUT2D eigenvalue weighted by atomic mass is 10.1. The molecule has 94 valence electrons. The van der Waals surface area contributed by atoms with Crippen LogP contribution < -0.4 is 5.32 Å². The molecule has 0 atom stereocenters. The Morgan fingerprint density at radius 2 is 2.00 bits per heavy atom. The van der Waals surface area contributed by atoms with Crippen molar-refractivity contribution in [2.24, 2.45) is 0 Å². The molecule has 1 amide bonds. The molecule has 0 radical (unpaired) electrons. The number of thiazole rings is 1. The highest BCUT2D eigenvalue weighted by Crippen LogP contribution is 2.32. The van der Waals surface area contributed by atoms with E-state index in [4.69, 9.17) is 0 Å².